The van der Waals surface area contributed by atoms with Gasteiger partial charge in [-0.1, -0.05) is 11.6 Å². The highest BCUT2D eigenvalue weighted by molar-refractivity contribution is 6.29. The lowest BCUT2D eigenvalue weighted by Crippen LogP contribution is -2.25. The van der Waals surface area contributed by atoms with Crippen molar-refractivity contribution in [2.45, 2.75) is 38.7 Å². The van der Waals surface area contributed by atoms with Gasteiger partial charge in [0.15, 0.2) is 0 Å². The summed E-state index contributed by atoms with van der Waals surface area (Å²) < 4.78 is 5.32. The quantitative estimate of drug-likeness (QED) is 0.761. The Hall–Kier alpha value is -1.16. The van der Waals surface area contributed by atoms with Crippen LogP contribution in [0.2, 0.25) is 5.15 Å². The van der Waals surface area contributed by atoms with Gasteiger partial charge >= 0.3 is 5.97 Å². The Morgan fingerprint density at radius 2 is 2.12 bits per heavy atom. The van der Waals surface area contributed by atoms with Gasteiger partial charge in [0.05, 0.1) is 24.0 Å². The molecule has 0 bridgehead atoms. The lowest BCUT2D eigenvalue weighted by Gasteiger charge is -2.19. The van der Waals surface area contributed by atoms with Gasteiger partial charge in [-0.15, -0.1) is 0 Å². The number of rotatable bonds is 2. The Bertz CT molecular complexity index is 425. The lowest BCUT2D eigenvalue weighted by atomic mass is 10.2. The predicted octanol–water partition coefficient (Wildman–Crippen LogP) is 2.58. The molecule has 0 radical (unpaired) electrons. The highest BCUT2D eigenvalue weighted by Crippen LogP contribution is 2.47. The summed E-state index contributed by atoms with van der Waals surface area (Å²) in [6.07, 6.45) is 3.91. The lowest BCUT2D eigenvalue weighted by molar-refractivity contribution is -0.156. The third-order valence-corrected chi connectivity index (χ3v) is 2.72. The molecule has 0 spiro atoms. The molecule has 4 nitrogen and oxygen atoms in total. The molecule has 0 N–H and O–H groups in total. The number of halogens is 1. The van der Waals surface area contributed by atoms with Crippen LogP contribution in [-0.4, -0.2) is 21.5 Å². The molecule has 2 rings (SSSR count). The summed E-state index contributed by atoms with van der Waals surface area (Å²) in [7, 11) is 0. The molecule has 1 aromatic heterocycles. The van der Waals surface area contributed by atoms with Crippen molar-refractivity contribution in [2.24, 2.45) is 5.92 Å². The molecule has 2 unspecified atom stereocenters. The normalized spacial score (nSPS) is 23.3. The number of hydrogen-bond acceptors (Lipinski definition) is 4. The van der Waals surface area contributed by atoms with E-state index in [4.69, 9.17) is 16.3 Å². The minimum Gasteiger partial charge on any atom is -0.460 e. The summed E-state index contributed by atoms with van der Waals surface area (Å²) in [6, 6.07) is 0. The number of carbonyl (C=O) groups is 1. The first-order valence-corrected chi connectivity index (χ1v) is 5.95. The van der Waals surface area contributed by atoms with Crippen LogP contribution < -0.4 is 0 Å². The van der Waals surface area contributed by atoms with E-state index in [2.05, 4.69) is 9.97 Å². The molecule has 2 atom stereocenters. The van der Waals surface area contributed by atoms with Crippen molar-refractivity contribution in [3.8, 4) is 0 Å². The van der Waals surface area contributed by atoms with Gasteiger partial charge in [-0.2, -0.15) is 0 Å². The summed E-state index contributed by atoms with van der Waals surface area (Å²) in [5.74, 6) is -0.0985. The van der Waals surface area contributed by atoms with E-state index in [1.165, 1.54) is 6.20 Å². The van der Waals surface area contributed by atoms with Crippen LogP contribution in [0.5, 0.6) is 0 Å². The van der Waals surface area contributed by atoms with Crippen LogP contribution in [0.4, 0.5) is 0 Å². The Morgan fingerprint density at radius 3 is 2.65 bits per heavy atom. The fourth-order valence-corrected chi connectivity index (χ4v) is 1.77. The van der Waals surface area contributed by atoms with E-state index in [1.54, 1.807) is 6.20 Å². The monoisotopic (exact) mass is 254 g/mol. The van der Waals surface area contributed by atoms with E-state index in [0.717, 1.165) is 12.1 Å². The number of esters is 1. The maximum Gasteiger partial charge on any atom is 0.310 e. The number of carbonyl (C=O) groups excluding carboxylic acids is 1. The SMILES string of the molecule is CC(C)(C)OC(=O)C1CC1c1cnc(Cl)cn1. The Balaban J connectivity index is 1.96. The third-order valence-electron chi connectivity index (χ3n) is 2.52. The van der Waals surface area contributed by atoms with Gasteiger partial charge in [0.2, 0.25) is 0 Å². The highest BCUT2D eigenvalue weighted by Gasteiger charge is 2.47. The standard InChI is InChI=1S/C12H15ClN2O2/c1-12(2,3)17-11(16)8-4-7(8)9-5-15-10(13)6-14-9/h5-8H,4H2,1-3H3. The summed E-state index contributed by atoms with van der Waals surface area (Å²) in [5.41, 5.74) is 0.376. The predicted molar refractivity (Wildman–Crippen MR) is 63.7 cm³/mol. The zero-order chi connectivity index (χ0) is 12.6. The van der Waals surface area contributed by atoms with Gasteiger partial charge in [-0.05, 0) is 27.2 Å². The number of ether oxygens (including phenoxy) is 1. The van der Waals surface area contributed by atoms with Crippen LogP contribution in [0.25, 0.3) is 0 Å². The molecule has 5 heteroatoms. The van der Waals surface area contributed by atoms with Gasteiger partial charge in [0.25, 0.3) is 0 Å². The summed E-state index contributed by atoms with van der Waals surface area (Å²) in [6.45, 7) is 5.60. The van der Waals surface area contributed by atoms with Gasteiger partial charge in [-0.3, -0.25) is 9.78 Å². The zero-order valence-corrected chi connectivity index (χ0v) is 10.9. The van der Waals surface area contributed by atoms with Crippen LogP contribution in [0, 0.1) is 5.92 Å². The van der Waals surface area contributed by atoms with E-state index >= 15 is 0 Å². The first-order valence-electron chi connectivity index (χ1n) is 5.57. The largest absolute Gasteiger partial charge is 0.460 e. The molecule has 0 aromatic carbocycles. The second kappa shape index (κ2) is 4.26. The van der Waals surface area contributed by atoms with Crippen molar-refractivity contribution in [3.05, 3.63) is 23.2 Å². The first kappa shape index (κ1) is 12.3. The second-order valence-corrected chi connectivity index (χ2v) is 5.63. The van der Waals surface area contributed by atoms with Crippen LogP contribution in [0.3, 0.4) is 0 Å². The zero-order valence-electron chi connectivity index (χ0n) is 10.1. The maximum atomic E-state index is 11.8. The maximum absolute atomic E-state index is 11.8. The molecule has 1 aromatic rings. The van der Waals surface area contributed by atoms with Crippen molar-refractivity contribution >= 4 is 17.6 Å². The summed E-state index contributed by atoms with van der Waals surface area (Å²) in [5, 5.41) is 0.364. The fraction of sp³-hybridized carbons (Fsp3) is 0.583. The molecule has 92 valence electrons. The highest BCUT2D eigenvalue weighted by atomic mass is 35.5. The van der Waals surface area contributed by atoms with Gasteiger partial charge < -0.3 is 4.74 Å². The summed E-state index contributed by atoms with van der Waals surface area (Å²) >= 11 is 5.66. The first-order chi connectivity index (χ1) is 7.87. The van der Waals surface area contributed by atoms with Crippen molar-refractivity contribution in [1.29, 1.82) is 0 Å². The van der Waals surface area contributed by atoms with E-state index < -0.39 is 5.60 Å². The number of aromatic nitrogens is 2. The number of nitrogens with zero attached hydrogens (tertiary/aromatic N) is 2. The summed E-state index contributed by atoms with van der Waals surface area (Å²) in [4.78, 5) is 19.9. The average molecular weight is 255 g/mol. The molecule has 1 aliphatic carbocycles. The molecular formula is C12H15ClN2O2. The molecule has 1 saturated carbocycles. The van der Waals surface area contributed by atoms with E-state index in [9.17, 15) is 4.79 Å². The van der Waals surface area contributed by atoms with Crippen molar-refractivity contribution in [3.63, 3.8) is 0 Å². The van der Waals surface area contributed by atoms with Crippen LogP contribution in [0.1, 0.15) is 38.8 Å². The minimum atomic E-state index is -0.435. The molecule has 0 saturated heterocycles. The molecular weight excluding hydrogens is 240 g/mol. The van der Waals surface area contributed by atoms with Crippen molar-refractivity contribution < 1.29 is 9.53 Å². The Labute approximate surface area is 105 Å². The van der Waals surface area contributed by atoms with E-state index in [-0.39, 0.29) is 17.8 Å². The molecule has 17 heavy (non-hydrogen) atoms. The number of hydrogen-bond donors (Lipinski definition) is 0. The Kier molecular flexibility index (Phi) is 3.08. The topological polar surface area (TPSA) is 52.1 Å². The third kappa shape index (κ3) is 3.16. The minimum absolute atomic E-state index is 0.0790. The molecule has 1 heterocycles. The molecule has 1 aliphatic rings. The van der Waals surface area contributed by atoms with Crippen LogP contribution in [-0.2, 0) is 9.53 Å². The van der Waals surface area contributed by atoms with Gasteiger partial charge in [0.1, 0.15) is 10.8 Å². The second-order valence-electron chi connectivity index (χ2n) is 5.25. The van der Waals surface area contributed by atoms with Crippen LogP contribution in [0.15, 0.2) is 12.4 Å². The smallest absolute Gasteiger partial charge is 0.310 e. The van der Waals surface area contributed by atoms with Gasteiger partial charge in [0, 0.05) is 5.92 Å². The van der Waals surface area contributed by atoms with E-state index in [0.29, 0.717) is 5.15 Å². The van der Waals surface area contributed by atoms with Crippen molar-refractivity contribution in [2.75, 3.05) is 0 Å². The van der Waals surface area contributed by atoms with E-state index in [1.807, 2.05) is 20.8 Å². The molecule has 0 amide bonds. The fourth-order valence-electron chi connectivity index (χ4n) is 1.67. The molecule has 0 aliphatic heterocycles. The Morgan fingerprint density at radius 1 is 1.41 bits per heavy atom. The molecule has 1 fully saturated rings. The average Bonchev–Trinajstić information content (AvgIpc) is 2.96. The van der Waals surface area contributed by atoms with Gasteiger partial charge in [-0.25, -0.2) is 4.98 Å². The van der Waals surface area contributed by atoms with Crippen molar-refractivity contribution in [1.82, 2.24) is 9.97 Å². The van der Waals surface area contributed by atoms with Crippen LogP contribution >= 0.6 is 11.6 Å².